The van der Waals surface area contributed by atoms with Crippen molar-refractivity contribution in [2.24, 2.45) is 11.8 Å². The molecule has 0 atom stereocenters. The zero-order valence-electron chi connectivity index (χ0n) is 14.5. The van der Waals surface area contributed by atoms with Crippen LogP contribution in [0.3, 0.4) is 0 Å². The first-order chi connectivity index (χ1) is 9.97. The van der Waals surface area contributed by atoms with Crippen LogP contribution in [0.4, 0.5) is 0 Å². The summed E-state index contributed by atoms with van der Waals surface area (Å²) in [6.45, 7) is 4.00. The van der Waals surface area contributed by atoms with Gasteiger partial charge in [-0.25, -0.2) is 0 Å². The lowest BCUT2D eigenvalue weighted by Crippen LogP contribution is -2.20. The Kier molecular flexibility index (Phi) is 11.5. The molecule has 3 saturated carbocycles. The Morgan fingerprint density at radius 1 is 0.350 bits per heavy atom. The van der Waals surface area contributed by atoms with Gasteiger partial charge in [-0.2, -0.15) is 0 Å². The third-order valence-electron chi connectivity index (χ3n) is 5.47. The summed E-state index contributed by atoms with van der Waals surface area (Å²) in [6.07, 6.45) is 24.4. The first-order valence-corrected chi connectivity index (χ1v) is 9.97. The van der Waals surface area contributed by atoms with Crippen molar-refractivity contribution in [1.82, 2.24) is 0 Å². The molecule has 0 unspecified atom stereocenters. The molecule has 0 radical (unpaired) electrons. The average molecular weight is 281 g/mol. The van der Waals surface area contributed by atoms with E-state index in [-0.39, 0.29) is 0 Å². The Labute approximate surface area is 129 Å². The Morgan fingerprint density at radius 2 is 0.550 bits per heavy atom. The zero-order chi connectivity index (χ0) is 14.5. The SMILES string of the molecule is C1CCC(C2CCCCC2)CC1.C1CCCCC1.CC. The highest BCUT2D eigenvalue weighted by Crippen LogP contribution is 2.37. The molecule has 3 aliphatic rings. The smallest absolute Gasteiger partial charge is 0.0386 e. The van der Waals surface area contributed by atoms with Crippen molar-refractivity contribution in [3.8, 4) is 0 Å². The predicted molar refractivity (Wildman–Crippen MR) is 92.2 cm³/mol. The Balaban J connectivity index is 0.000000211. The van der Waals surface area contributed by atoms with Crippen LogP contribution in [0.15, 0.2) is 0 Å². The minimum absolute atomic E-state index is 1.14. The second-order valence-corrected chi connectivity index (χ2v) is 6.92. The summed E-state index contributed by atoms with van der Waals surface area (Å²) in [5.74, 6) is 2.28. The molecule has 0 aliphatic heterocycles. The molecule has 0 saturated heterocycles. The van der Waals surface area contributed by atoms with E-state index in [0.717, 1.165) is 11.8 Å². The molecule has 120 valence electrons. The van der Waals surface area contributed by atoms with Crippen molar-refractivity contribution in [2.75, 3.05) is 0 Å². The summed E-state index contributed by atoms with van der Waals surface area (Å²) in [7, 11) is 0. The van der Waals surface area contributed by atoms with E-state index in [2.05, 4.69) is 0 Å². The van der Waals surface area contributed by atoms with Crippen molar-refractivity contribution in [3.05, 3.63) is 0 Å². The van der Waals surface area contributed by atoms with Gasteiger partial charge in [0.15, 0.2) is 0 Å². The number of hydrogen-bond donors (Lipinski definition) is 0. The van der Waals surface area contributed by atoms with Crippen LogP contribution in [-0.4, -0.2) is 0 Å². The number of rotatable bonds is 1. The fourth-order valence-corrected chi connectivity index (χ4v) is 4.27. The zero-order valence-corrected chi connectivity index (χ0v) is 14.5. The molecule has 3 aliphatic carbocycles. The maximum atomic E-state index is 2.00. The lowest BCUT2D eigenvalue weighted by Gasteiger charge is -2.32. The van der Waals surface area contributed by atoms with Gasteiger partial charge in [-0.1, -0.05) is 117 Å². The molecule has 0 N–H and O–H groups in total. The second-order valence-electron chi connectivity index (χ2n) is 6.92. The van der Waals surface area contributed by atoms with Crippen LogP contribution in [0, 0.1) is 11.8 Å². The van der Waals surface area contributed by atoms with Crippen LogP contribution in [0.1, 0.15) is 117 Å². The molecule has 0 nitrogen and oxygen atoms in total. The molecule has 0 spiro atoms. The average Bonchev–Trinajstić information content (AvgIpc) is 2.60. The third kappa shape index (κ3) is 7.70. The van der Waals surface area contributed by atoms with Gasteiger partial charge in [0.05, 0.1) is 0 Å². The Morgan fingerprint density at radius 3 is 0.800 bits per heavy atom. The Bertz CT molecular complexity index is 153. The molecule has 0 heterocycles. The maximum absolute atomic E-state index is 2.00. The van der Waals surface area contributed by atoms with Crippen LogP contribution in [0.25, 0.3) is 0 Å². The summed E-state index contributed by atoms with van der Waals surface area (Å²) in [4.78, 5) is 0. The summed E-state index contributed by atoms with van der Waals surface area (Å²) in [5.41, 5.74) is 0. The van der Waals surface area contributed by atoms with Gasteiger partial charge in [-0.05, 0) is 11.8 Å². The van der Waals surface area contributed by atoms with Crippen molar-refractivity contribution >= 4 is 0 Å². The molecule has 0 heteroatoms. The highest BCUT2D eigenvalue weighted by molar-refractivity contribution is 4.76. The molecule has 20 heavy (non-hydrogen) atoms. The topological polar surface area (TPSA) is 0 Å². The summed E-state index contributed by atoms with van der Waals surface area (Å²) in [5, 5.41) is 0. The highest BCUT2D eigenvalue weighted by atomic mass is 14.3. The van der Waals surface area contributed by atoms with Crippen LogP contribution in [0.5, 0.6) is 0 Å². The fourth-order valence-electron chi connectivity index (χ4n) is 4.27. The molecular weight excluding hydrogens is 240 g/mol. The molecule has 0 amide bonds. The minimum Gasteiger partial charge on any atom is -0.0683 e. The fraction of sp³-hybridized carbons (Fsp3) is 1.00. The van der Waals surface area contributed by atoms with E-state index in [0.29, 0.717) is 0 Å². The normalized spacial score (nSPS) is 24.9. The van der Waals surface area contributed by atoms with Crippen molar-refractivity contribution in [1.29, 1.82) is 0 Å². The van der Waals surface area contributed by atoms with E-state index in [1.807, 2.05) is 13.8 Å². The van der Waals surface area contributed by atoms with Crippen molar-refractivity contribution in [2.45, 2.75) is 117 Å². The summed E-state index contributed by atoms with van der Waals surface area (Å²) < 4.78 is 0. The molecule has 3 rings (SSSR count). The summed E-state index contributed by atoms with van der Waals surface area (Å²) in [6, 6.07) is 0. The first-order valence-electron chi connectivity index (χ1n) is 9.97. The van der Waals surface area contributed by atoms with E-state index in [4.69, 9.17) is 0 Å². The van der Waals surface area contributed by atoms with Crippen LogP contribution in [-0.2, 0) is 0 Å². The maximum Gasteiger partial charge on any atom is -0.0386 e. The van der Waals surface area contributed by atoms with Gasteiger partial charge in [0.1, 0.15) is 0 Å². The first kappa shape index (κ1) is 18.1. The van der Waals surface area contributed by atoms with Crippen molar-refractivity contribution < 1.29 is 0 Å². The largest absolute Gasteiger partial charge is 0.0683 e. The predicted octanol–water partition coefficient (Wildman–Crippen LogP) is 7.51. The molecule has 0 aromatic carbocycles. The molecule has 0 bridgehead atoms. The minimum atomic E-state index is 1.14. The van der Waals surface area contributed by atoms with Crippen LogP contribution >= 0.6 is 0 Å². The molecular formula is C20H40. The lowest BCUT2D eigenvalue weighted by atomic mass is 9.73. The molecule has 0 aromatic rings. The standard InChI is InChI=1S/C12H22.C6H12.C2H6/c1-3-7-11(8-4-1)12-9-5-2-6-10-12;1-2-4-6-5-3-1;1-2/h11-12H,1-10H2;1-6H2;1-2H3. The molecule has 0 aromatic heterocycles. The van der Waals surface area contributed by atoms with Gasteiger partial charge in [-0.3, -0.25) is 0 Å². The summed E-state index contributed by atoms with van der Waals surface area (Å²) >= 11 is 0. The van der Waals surface area contributed by atoms with E-state index < -0.39 is 0 Å². The van der Waals surface area contributed by atoms with Gasteiger partial charge in [-0.15, -0.1) is 0 Å². The highest BCUT2D eigenvalue weighted by Gasteiger charge is 2.24. The monoisotopic (exact) mass is 280 g/mol. The van der Waals surface area contributed by atoms with E-state index in [1.54, 1.807) is 25.7 Å². The van der Waals surface area contributed by atoms with Crippen LogP contribution < -0.4 is 0 Å². The van der Waals surface area contributed by atoms with Gasteiger partial charge >= 0.3 is 0 Å². The van der Waals surface area contributed by atoms with E-state index in [1.165, 1.54) is 77.0 Å². The van der Waals surface area contributed by atoms with Gasteiger partial charge < -0.3 is 0 Å². The van der Waals surface area contributed by atoms with Crippen molar-refractivity contribution in [3.63, 3.8) is 0 Å². The quantitative estimate of drug-likeness (QED) is 0.466. The third-order valence-corrected chi connectivity index (χ3v) is 5.47. The lowest BCUT2D eigenvalue weighted by molar-refractivity contribution is 0.196. The van der Waals surface area contributed by atoms with Gasteiger partial charge in [0.2, 0.25) is 0 Å². The van der Waals surface area contributed by atoms with Gasteiger partial charge in [0.25, 0.3) is 0 Å². The number of hydrogen-bond acceptors (Lipinski definition) is 0. The van der Waals surface area contributed by atoms with Crippen LogP contribution in [0.2, 0.25) is 0 Å². The van der Waals surface area contributed by atoms with E-state index in [9.17, 15) is 0 Å². The van der Waals surface area contributed by atoms with E-state index >= 15 is 0 Å². The molecule has 3 fully saturated rings. The Hall–Kier alpha value is 0. The van der Waals surface area contributed by atoms with Gasteiger partial charge in [0, 0.05) is 0 Å². The second kappa shape index (κ2) is 12.7.